The molecule has 3 heteroatoms. The normalized spacial score (nSPS) is 10.1. The lowest BCUT2D eigenvalue weighted by Crippen LogP contribution is -2.10. The fraction of sp³-hybridized carbons (Fsp3) is 0.300. The molecule has 0 atom stereocenters. The van der Waals surface area contributed by atoms with Gasteiger partial charge in [-0.05, 0) is 31.8 Å². The Balaban J connectivity index is 2.93. The van der Waals surface area contributed by atoms with Crippen molar-refractivity contribution in [1.82, 2.24) is 4.90 Å². The molecule has 0 aliphatic carbocycles. The van der Waals surface area contributed by atoms with Crippen LogP contribution in [0, 0.1) is 11.3 Å². The van der Waals surface area contributed by atoms with Gasteiger partial charge in [0.05, 0.1) is 11.6 Å². The Morgan fingerprint density at radius 3 is 2.62 bits per heavy atom. The number of nitrogens with zero attached hydrogens (tertiary/aromatic N) is 2. The molecule has 2 nitrogen and oxygen atoms in total. The van der Waals surface area contributed by atoms with E-state index >= 15 is 0 Å². The molecule has 0 N–H and O–H groups in total. The van der Waals surface area contributed by atoms with Gasteiger partial charge in [0.2, 0.25) is 0 Å². The zero-order valence-corrected chi connectivity index (χ0v) is 8.47. The lowest BCUT2D eigenvalue weighted by atomic mass is 10.1. The zero-order chi connectivity index (χ0) is 9.84. The van der Waals surface area contributed by atoms with Crippen molar-refractivity contribution in [2.24, 2.45) is 0 Å². The van der Waals surface area contributed by atoms with Crippen LogP contribution in [-0.2, 0) is 6.54 Å². The minimum Gasteiger partial charge on any atom is -0.305 e. The second kappa shape index (κ2) is 4.27. The van der Waals surface area contributed by atoms with Gasteiger partial charge in [0.1, 0.15) is 0 Å². The maximum Gasteiger partial charge on any atom is 0.0992 e. The summed E-state index contributed by atoms with van der Waals surface area (Å²) in [6.45, 7) is 0.796. The van der Waals surface area contributed by atoms with E-state index in [0.717, 1.165) is 12.1 Å². The summed E-state index contributed by atoms with van der Waals surface area (Å²) in [5, 5.41) is 9.28. The highest BCUT2D eigenvalue weighted by Crippen LogP contribution is 2.18. The highest BCUT2D eigenvalue weighted by atomic mass is 35.5. The van der Waals surface area contributed by atoms with Crippen LogP contribution in [0.1, 0.15) is 11.1 Å². The van der Waals surface area contributed by atoms with E-state index in [1.165, 1.54) is 0 Å². The molecule has 0 aromatic heterocycles. The lowest BCUT2D eigenvalue weighted by molar-refractivity contribution is 0.402. The van der Waals surface area contributed by atoms with Crippen molar-refractivity contribution < 1.29 is 0 Å². The van der Waals surface area contributed by atoms with E-state index in [9.17, 15) is 0 Å². The molecule has 0 amide bonds. The van der Waals surface area contributed by atoms with Crippen LogP contribution in [-0.4, -0.2) is 19.0 Å². The molecule has 0 spiro atoms. The number of hydrogen-bond donors (Lipinski definition) is 0. The van der Waals surface area contributed by atoms with Crippen LogP contribution in [0.2, 0.25) is 5.02 Å². The van der Waals surface area contributed by atoms with E-state index in [1.54, 1.807) is 12.1 Å². The summed E-state index contributed by atoms with van der Waals surface area (Å²) < 4.78 is 0. The van der Waals surface area contributed by atoms with Crippen LogP contribution >= 0.6 is 11.6 Å². The Kier molecular flexibility index (Phi) is 3.30. The second-order valence-electron chi connectivity index (χ2n) is 3.16. The fourth-order valence-electron chi connectivity index (χ4n) is 1.09. The van der Waals surface area contributed by atoms with E-state index in [1.807, 2.05) is 25.1 Å². The quantitative estimate of drug-likeness (QED) is 0.722. The molecular formula is C10H11ClN2. The summed E-state index contributed by atoms with van der Waals surface area (Å²) in [6, 6.07) is 7.42. The van der Waals surface area contributed by atoms with Crippen LogP contribution in [0.5, 0.6) is 0 Å². The number of nitriles is 1. The van der Waals surface area contributed by atoms with Crippen LogP contribution < -0.4 is 0 Å². The third kappa shape index (κ3) is 2.73. The lowest BCUT2D eigenvalue weighted by Gasteiger charge is -2.10. The molecular weight excluding hydrogens is 184 g/mol. The van der Waals surface area contributed by atoms with Crippen LogP contribution in [0.15, 0.2) is 18.2 Å². The van der Waals surface area contributed by atoms with Gasteiger partial charge in [-0.3, -0.25) is 0 Å². The average molecular weight is 195 g/mol. The van der Waals surface area contributed by atoms with E-state index in [0.29, 0.717) is 10.6 Å². The van der Waals surface area contributed by atoms with Crippen LogP contribution in [0.3, 0.4) is 0 Å². The van der Waals surface area contributed by atoms with Gasteiger partial charge in [-0.2, -0.15) is 5.26 Å². The van der Waals surface area contributed by atoms with E-state index in [2.05, 4.69) is 6.07 Å². The number of rotatable bonds is 2. The molecule has 0 radical (unpaired) electrons. The first-order chi connectivity index (χ1) is 6.13. The first-order valence-electron chi connectivity index (χ1n) is 3.96. The highest BCUT2D eigenvalue weighted by molar-refractivity contribution is 6.31. The molecule has 0 bridgehead atoms. The van der Waals surface area contributed by atoms with Gasteiger partial charge in [-0.1, -0.05) is 17.7 Å². The second-order valence-corrected chi connectivity index (χ2v) is 3.56. The highest BCUT2D eigenvalue weighted by Gasteiger charge is 2.02. The monoisotopic (exact) mass is 194 g/mol. The molecule has 1 aromatic rings. The Hall–Kier alpha value is -1.04. The Morgan fingerprint density at radius 2 is 2.15 bits per heavy atom. The van der Waals surface area contributed by atoms with Gasteiger partial charge in [-0.15, -0.1) is 0 Å². The Bertz CT molecular complexity index is 339. The minimum atomic E-state index is 0.604. The maximum atomic E-state index is 8.62. The molecule has 13 heavy (non-hydrogen) atoms. The van der Waals surface area contributed by atoms with Crippen molar-refractivity contribution in [2.75, 3.05) is 14.1 Å². The van der Waals surface area contributed by atoms with Crippen molar-refractivity contribution in [3.05, 3.63) is 34.3 Å². The smallest absolute Gasteiger partial charge is 0.0992 e. The molecule has 0 saturated carbocycles. The first kappa shape index (κ1) is 10.0. The summed E-state index contributed by atoms with van der Waals surface area (Å²) in [6.07, 6.45) is 0. The molecule has 1 rings (SSSR count). The summed E-state index contributed by atoms with van der Waals surface area (Å²) in [5.41, 5.74) is 1.65. The van der Waals surface area contributed by atoms with Gasteiger partial charge < -0.3 is 4.90 Å². The van der Waals surface area contributed by atoms with Crippen LogP contribution in [0.25, 0.3) is 0 Å². The standard InChI is InChI=1S/C10H11ClN2/c1-13(2)7-9-4-3-8(6-12)5-10(9)11/h3-5H,7H2,1-2H3. The number of hydrogen-bond acceptors (Lipinski definition) is 2. The third-order valence-corrected chi connectivity index (χ3v) is 2.02. The summed E-state index contributed by atoms with van der Waals surface area (Å²) in [4.78, 5) is 2.03. The van der Waals surface area contributed by atoms with Crippen molar-refractivity contribution in [3.8, 4) is 6.07 Å². The van der Waals surface area contributed by atoms with Crippen molar-refractivity contribution in [3.63, 3.8) is 0 Å². The number of halogens is 1. The first-order valence-corrected chi connectivity index (χ1v) is 4.34. The topological polar surface area (TPSA) is 27.0 Å². The van der Waals surface area contributed by atoms with Gasteiger partial charge in [0, 0.05) is 11.6 Å². The summed E-state index contributed by atoms with van der Waals surface area (Å²) >= 11 is 5.97. The predicted molar refractivity (Wildman–Crippen MR) is 53.6 cm³/mol. The molecule has 68 valence electrons. The van der Waals surface area contributed by atoms with Gasteiger partial charge in [-0.25, -0.2) is 0 Å². The summed E-state index contributed by atoms with van der Waals surface area (Å²) in [5.74, 6) is 0. The average Bonchev–Trinajstić information content (AvgIpc) is 2.08. The van der Waals surface area contributed by atoms with E-state index in [4.69, 9.17) is 16.9 Å². The molecule has 0 aliphatic rings. The van der Waals surface area contributed by atoms with Crippen LogP contribution in [0.4, 0.5) is 0 Å². The molecule has 1 aromatic carbocycles. The summed E-state index contributed by atoms with van der Waals surface area (Å²) in [7, 11) is 3.96. The Labute approximate surface area is 83.3 Å². The minimum absolute atomic E-state index is 0.604. The fourth-order valence-corrected chi connectivity index (χ4v) is 1.33. The Morgan fingerprint density at radius 1 is 1.46 bits per heavy atom. The van der Waals surface area contributed by atoms with Gasteiger partial charge in [0.25, 0.3) is 0 Å². The zero-order valence-electron chi connectivity index (χ0n) is 7.71. The molecule has 0 aliphatic heterocycles. The predicted octanol–water partition coefficient (Wildman–Crippen LogP) is 2.27. The van der Waals surface area contributed by atoms with Gasteiger partial charge in [0.15, 0.2) is 0 Å². The maximum absolute atomic E-state index is 8.62. The molecule has 0 unspecified atom stereocenters. The largest absolute Gasteiger partial charge is 0.305 e. The third-order valence-electron chi connectivity index (χ3n) is 1.67. The van der Waals surface area contributed by atoms with Crippen molar-refractivity contribution in [2.45, 2.75) is 6.54 Å². The number of benzene rings is 1. The van der Waals surface area contributed by atoms with E-state index < -0.39 is 0 Å². The molecule has 0 fully saturated rings. The van der Waals surface area contributed by atoms with Crippen molar-refractivity contribution in [1.29, 1.82) is 5.26 Å². The van der Waals surface area contributed by atoms with Gasteiger partial charge >= 0.3 is 0 Å². The SMILES string of the molecule is CN(C)Cc1ccc(C#N)cc1Cl. The molecule has 0 heterocycles. The molecule has 0 saturated heterocycles. The van der Waals surface area contributed by atoms with E-state index in [-0.39, 0.29) is 0 Å². The van der Waals surface area contributed by atoms with Crippen molar-refractivity contribution >= 4 is 11.6 Å².